The molecule has 1 atom stereocenters. The molecule has 3 heterocycles. The van der Waals surface area contributed by atoms with E-state index in [0.29, 0.717) is 0 Å². The fraction of sp³-hybridized carbons (Fsp3) is 0.0185. The number of aliphatic imine (C=N–C) groups is 1. The van der Waals surface area contributed by atoms with Crippen LogP contribution in [-0.2, 0) is 0 Å². The summed E-state index contributed by atoms with van der Waals surface area (Å²) in [6.07, 6.45) is -0.205. The molecule has 4 heteroatoms. The molecule has 0 aliphatic carbocycles. The van der Waals surface area contributed by atoms with Gasteiger partial charge in [0.25, 0.3) is 0 Å². The van der Waals surface area contributed by atoms with Gasteiger partial charge in [-0.1, -0.05) is 146 Å². The Bertz CT molecular complexity index is 3430. The van der Waals surface area contributed by atoms with Crippen LogP contribution >= 0.6 is 0 Å². The maximum absolute atomic E-state index is 5.48. The Morgan fingerprint density at radius 1 is 0.379 bits per heavy atom. The summed E-state index contributed by atoms with van der Waals surface area (Å²) in [7, 11) is 0. The molecule has 1 unspecified atom stereocenters. The van der Waals surface area contributed by atoms with Crippen LogP contribution in [0, 0.1) is 0 Å². The van der Waals surface area contributed by atoms with E-state index in [1.54, 1.807) is 0 Å². The third-order valence-electron chi connectivity index (χ3n) is 11.9. The van der Waals surface area contributed by atoms with Gasteiger partial charge in [0.05, 0.1) is 27.8 Å². The van der Waals surface area contributed by atoms with Crippen molar-refractivity contribution in [1.82, 2.24) is 9.13 Å². The lowest BCUT2D eigenvalue weighted by Crippen LogP contribution is -2.21. The van der Waals surface area contributed by atoms with E-state index < -0.39 is 0 Å². The van der Waals surface area contributed by atoms with Gasteiger partial charge in [0.15, 0.2) is 0 Å². The lowest BCUT2D eigenvalue weighted by molar-refractivity contribution is 0.829. The molecule has 1 N–H and O–H groups in total. The molecule has 0 fully saturated rings. The van der Waals surface area contributed by atoms with Gasteiger partial charge in [-0.05, 0) is 88.1 Å². The average molecular weight is 741 g/mol. The summed E-state index contributed by atoms with van der Waals surface area (Å²) in [5.74, 6) is 0. The second-order valence-electron chi connectivity index (χ2n) is 15.2. The maximum atomic E-state index is 5.48. The lowest BCUT2D eigenvalue weighted by Gasteiger charge is -2.27. The molecule has 58 heavy (non-hydrogen) atoms. The summed E-state index contributed by atoms with van der Waals surface area (Å²) in [5.41, 5.74) is 14.8. The lowest BCUT2D eigenvalue weighted by atomic mass is 9.92. The van der Waals surface area contributed by atoms with E-state index in [1.165, 1.54) is 65.5 Å². The van der Waals surface area contributed by atoms with E-state index in [2.05, 4.69) is 221 Å². The molecule has 11 aromatic rings. The van der Waals surface area contributed by atoms with Crippen LogP contribution in [-0.4, -0.2) is 14.8 Å². The first-order valence-electron chi connectivity index (χ1n) is 19.9. The number of fused-ring (bicyclic) bond motifs is 9. The van der Waals surface area contributed by atoms with Gasteiger partial charge < -0.3 is 14.5 Å². The third-order valence-corrected chi connectivity index (χ3v) is 11.9. The molecule has 0 spiro atoms. The second-order valence-corrected chi connectivity index (χ2v) is 15.2. The fourth-order valence-corrected chi connectivity index (χ4v) is 9.26. The maximum Gasteiger partial charge on any atom is 0.145 e. The smallest absolute Gasteiger partial charge is 0.145 e. The molecule has 0 saturated carbocycles. The number of benzene rings is 9. The van der Waals surface area contributed by atoms with Crippen molar-refractivity contribution >= 4 is 65.8 Å². The van der Waals surface area contributed by atoms with Crippen molar-refractivity contribution < 1.29 is 0 Å². The van der Waals surface area contributed by atoms with Crippen molar-refractivity contribution in [2.75, 3.05) is 5.32 Å². The molecule has 0 saturated heterocycles. The molecule has 9 aromatic carbocycles. The molecular weight excluding hydrogens is 705 g/mol. The van der Waals surface area contributed by atoms with Gasteiger partial charge in [-0.3, -0.25) is 4.99 Å². The number of hydrogen-bond donors (Lipinski definition) is 1. The number of anilines is 1. The van der Waals surface area contributed by atoms with Crippen LogP contribution in [0.5, 0.6) is 0 Å². The van der Waals surface area contributed by atoms with Crippen LogP contribution in [0.2, 0.25) is 0 Å². The SMILES string of the molecule is c1ccc(C2N=C(c3cccc(-n4c5ccccc5c5ccc(-c6ccc7c(c6)c6ccccc6n7-c6ccccc6)cc54)c3)c3c(ccc4ccccc34)N2)cc1. The summed E-state index contributed by atoms with van der Waals surface area (Å²) in [6, 6.07) is 74.5. The van der Waals surface area contributed by atoms with Crippen LogP contribution < -0.4 is 5.32 Å². The van der Waals surface area contributed by atoms with Gasteiger partial charge >= 0.3 is 0 Å². The fourth-order valence-electron chi connectivity index (χ4n) is 9.26. The van der Waals surface area contributed by atoms with Crippen LogP contribution in [0.4, 0.5) is 5.69 Å². The molecule has 1 aliphatic heterocycles. The van der Waals surface area contributed by atoms with Crippen LogP contribution in [0.3, 0.4) is 0 Å². The molecule has 0 amide bonds. The summed E-state index contributed by atoms with van der Waals surface area (Å²) in [5, 5.41) is 11.1. The van der Waals surface area contributed by atoms with E-state index in [1.807, 2.05) is 0 Å². The Balaban J connectivity index is 1.04. The van der Waals surface area contributed by atoms with Crippen LogP contribution in [0.1, 0.15) is 22.9 Å². The first kappa shape index (κ1) is 32.5. The van der Waals surface area contributed by atoms with E-state index in [0.717, 1.165) is 39.5 Å². The standard InChI is InChI=1S/C54H36N4/c1-3-15-36(16-4-1)54-55-47-30-27-35-14-7-8-21-42(35)52(47)53(56-54)39-17-13-20-41(32-39)58-48-24-11-9-22-43(48)45-29-26-38(34-51(45)58)37-28-31-50-46(33-37)44-23-10-12-25-49(44)57(50)40-18-5-2-6-19-40/h1-34,54-55H. The Morgan fingerprint density at radius 3 is 1.79 bits per heavy atom. The Labute approximate surface area is 335 Å². The number of aromatic nitrogens is 2. The molecule has 12 rings (SSSR count). The van der Waals surface area contributed by atoms with Crippen molar-refractivity contribution in [2.45, 2.75) is 6.17 Å². The molecule has 4 nitrogen and oxygen atoms in total. The van der Waals surface area contributed by atoms with Gasteiger partial charge in [0.1, 0.15) is 6.17 Å². The number of rotatable bonds is 5. The van der Waals surface area contributed by atoms with E-state index in [4.69, 9.17) is 4.99 Å². The summed E-state index contributed by atoms with van der Waals surface area (Å²) >= 11 is 0. The third kappa shape index (κ3) is 5.05. The van der Waals surface area contributed by atoms with Gasteiger partial charge in [-0.25, -0.2) is 0 Å². The summed E-state index contributed by atoms with van der Waals surface area (Å²) in [6.45, 7) is 0. The van der Waals surface area contributed by atoms with Crippen molar-refractivity contribution in [3.05, 3.63) is 223 Å². The highest BCUT2D eigenvalue weighted by molar-refractivity contribution is 6.24. The summed E-state index contributed by atoms with van der Waals surface area (Å²) in [4.78, 5) is 5.48. The van der Waals surface area contributed by atoms with E-state index in [-0.39, 0.29) is 6.17 Å². The predicted molar refractivity (Wildman–Crippen MR) is 243 cm³/mol. The van der Waals surface area contributed by atoms with Crippen LogP contribution in [0.15, 0.2) is 211 Å². The Morgan fingerprint density at radius 2 is 0.983 bits per heavy atom. The normalized spacial score (nSPS) is 13.9. The second kappa shape index (κ2) is 12.9. The number of para-hydroxylation sites is 3. The van der Waals surface area contributed by atoms with Crippen molar-refractivity contribution in [2.24, 2.45) is 4.99 Å². The monoisotopic (exact) mass is 740 g/mol. The minimum atomic E-state index is -0.205. The largest absolute Gasteiger partial charge is 0.359 e. The Hall–Kier alpha value is -7.69. The van der Waals surface area contributed by atoms with Gasteiger partial charge in [0.2, 0.25) is 0 Å². The molecule has 2 aromatic heterocycles. The zero-order chi connectivity index (χ0) is 38.2. The topological polar surface area (TPSA) is 34.2 Å². The Kier molecular flexibility index (Phi) is 7.26. The number of hydrogen-bond acceptors (Lipinski definition) is 2. The first-order valence-corrected chi connectivity index (χ1v) is 19.9. The molecular formula is C54H36N4. The van der Waals surface area contributed by atoms with Gasteiger partial charge in [-0.2, -0.15) is 0 Å². The minimum absolute atomic E-state index is 0.205. The first-order chi connectivity index (χ1) is 28.8. The highest BCUT2D eigenvalue weighted by atomic mass is 15.1. The van der Waals surface area contributed by atoms with Crippen molar-refractivity contribution in [1.29, 1.82) is 0 Å². The predicted octanol–water partition coefficient (Wildman–Crippen LogP) is 13.7. The zero-order valence-corrected chi connectivity index (χ0v) is 31.5. The number of nitrogens with zero attached hydrogens (tertiary/aromatic N) is 3. The molecule has 272 valence electrons. The highest BCUT2D eigenvalue weighted by Gasteiger charge is 2.25. The average Bonchev–Trinajstić information content (AvgIpc) is 3.81. The number of nitrogens with one attached hydrogen (secondary N) is 1. The molecule has 0 radical (unpaired) electrons. The van der Waals surface area contributed by atoms with Gasteiger partial charge in [-0.15, -0.1) is 0 Å². The van der Waals surface area contributed by atoms with E-state index >= 15 is 0 Å². The van der Waals surface area contributed by atoms with Crippen molar-refractivity contribution in [3.8, 4) is 22.5 Å². The summed E-state index contributed by atoms with van der Waals surface area (Å²) < 4.78 is 4.80. The zero-order valence-electron chi connectivity index (χ0n) is 31.5. The minimum Gasteiger partial charge on any atom is -0.359 e. The molecule has 1 aliphatic rings. The van der Waals surface area contributed by atoms with Crippen molar-refractivity contribution in [3.63, 3.8) is 0 Å². The van der Waals surface area contributed by atoms with E-state index in [9.17, 15) is 0 Å². The van der Waals surface area contributed by atoms with Crippen LogP contribution in [0.25, 0.3) is 76.9 Å². The highest BCUT2D eigenvalue weighted by Crippen LogP contribution is 2.40. The molecule has 0 bridgehead atoms. The van der Waals surface area contributed by atoms with Gasteiger partial charge in [0, 0.05) is 49.7 Å². The quantitative estimate of drug-likeness (QED) is 0.187.